The fourth-order valence-electron chi connectivity index (χ4n) is 1.11. The summed E-state index contributed by atoms with van der Waals surface area (Å²) in [7, 11) is 0. The van der Waals surface area contributed by atoms with Crippen LogP contribution in [0.15, 0.2) is 0 Å². The van der Waals surface area contributed by atoms with Gasteiger partial charge in [-0.2, -0.15) is 22.0 Å². The van der Waals surface area contributed by atoms with Crippen molar-refractivity contribution in [3.05, 3.63) is 0 Å². The Morgan fingerprint density at radius 2 is 1.60 bits per heavy atom. The third-order valence-electron chi connectivity index (χ3n) is 2.25. The van der Waals surface area contributed by atoms with E-state index in [0.717, 1.165) is 13.8 Å². The molecule has 1 rings (SSSR count). The normalized spacial score (nSPS) is 35.2. The fourth-order valence-corrected chi connectivity index (χ4v) is 1.11. The number of ether oxygens (including phenoxy) is 2. The van der Waals surface area contributed by atoms with Gasteiger partial charge in [-0.3, -0.25) is 0 Å². The Morgan fingerprint density at radius 1 is 1.13 bits per heavy atom. The highest BCUT2D eigenvalue weighted by Gasteiger charge is 2.78. The Kier molecular flexibility index (Phi) is 2.53. The van der Waals surface area contributed by atoms with Crippen LogP contribution in [0.1, 0.15) is 13.8 Å². The van der Waals surface area contributed by atoms with Crippen molar-refractivity contribution in [2.24, 2.45) is 0 Å². The molecule has 0 aromatic heterocycles. The zero-order valence-electron chi connectivity index (χ0n) is 7.86. The molecule has 0 bridgehead atoms. The van der Waals surface area contributed by atoms with E-state index in [9.17, 15) is 22.0 Å². The number of hydrogen-bond acceptors (Lipinski definition) is 3. The molecule has 0 aromatic carbocycles. The summed E-state index contributed by atoms with van der Waals surface area (Å²) in [6.45, 7) is 0.428. The average molecular weight is 236 g/mol. The molecular formula is C7H9F5O3. The van der Waals surface area contributed by atoms with Gasteiger partial charge in [0, 0.05) is 0 Å². The van der Waals surface area contributed by atoms with Crippen molar-refractivity contribution < 1.29 is 36.5 Å². The zero-order valence-corrected chi connectivity index (χ0v) is 7.86. The first kappa shape index (κ1) is 12.6. The Labute approximate surface area is 81.8 Å². The minimum atomic E-state index is -5.60. The largest absolute Gasteiger partial charge is 0.449 e. The molecule has 1 aliphatic rings. The average Bonchev–Trinajstić information content (AvgIpc) is 1.98. The van der Waals surface area contributed by atoms with E-state index in [1.807, 2.05) is 0 Å². The SMILES string of the molecule is CC1(C)OCOC(O)(C(F)(F)F)C1(F)F. The van der Waals surface area contributed by atoms with E-state index < -0.39 is 30.3 Å². The van der Waals surface area contributed by atoms with Crippen molar-refractivity contribution in [1.82, 2.24) is 0 Å². The van der Waals surface area contributed by atoms with Crippen molar-refractivity contribution in [3.63, 3.8) is 0 Å². The van der Waals surface area contributed by atoms with Crippen LogP contribution in [0.2, 0.25) is 0 Å². The second-order valence-electron chi connectivity index (χ2n) is 3.63. The van der Waals surface area contributed by atoms with E-state index in [1.165, 1.54) is 0 Å². The highest BCUT2D eigenvalue weighted by atomic mass is 19.4. The highest BCUT2D eigenvalue weighted by Crippen LogP contribution is 2.51. The summed E-state index contributed by atoms with van der Waals surface area (Å²) in [5, 5.41) is 8.89. The van der Waals surface area contributed by atoms with Crippen LogP contribution in [0.4, 0.5) is 22.0 Å². The molecule has 1 N–H and O–H groups in total. The molecule has 1 aliphatic heterocycles. The molecule has 1 saturated heterocycles. The van der Waals surface area contributed by atoms with Gasteiger partial charge in [0.05, 0.1) is 0 Å². The van der Waals surface area contributed by atoms with Crippen molar-refractivity contribution in [3.8, 4) is 0 Å². The lowest BCUT2D eigenvalue weighted by Gasteiger charge is -2.47. The third-order valence-corrected chi connectivity index (χ3v) is 2.25. The second kappa shape index (κ2) is 3.02. The minimum Gasteiger partial charge on any atom is -0.354 e. The van der Waals surface area contributed by atoms with Crippen LogP contribution in [-0.2, 0) is 9.47 Å². The molecule has 1 heterocycles. The van der Waals surface area contributed by atoms with Gasteiger partial charge in [0.1, 0.15) is 5.60 Å². The van der Waals surface area contributed by atoms with Crippen LogP contribution in [-0.4, -0.2) is 35.4 Å². The zero-order chi connectivity index (χ0) is 12.1. The van der Waals surface area contributed by atoms with E-state index >= 15 is 0 Å². The van der Waals surface area contributed by atoms with Gasteiger partial charge < -0.3 is 14.6 Å². The van der Waals surface area contributed by atoms with E-state index in [-0.39, 0.29) is 0 Å². The number of alkyl halides is 5. The number of hydrogen-bond donors (Lipinski definition) is 1. The van der Waals surface area contributed by atoms with Crippen LogP contribution >= 0.6 is 0 Å². The van der Waals surface area contributed by atoms with Crippen molar-refractivity contribution in [2.75, 3.05) is 6.79 Å². The monoisotopic (exact) mass is 236 g/mol. The van der Waals surface area contributed by atoms with E-state index in [4.69, 9.17) is 5.11 Å². The summed E-state index contributed by atoms with van der Waals surface area (Å²) in [6, 6.07) is 0. The number of halogens is 5. The first-order chi connectivity index (χ1) is 6.46. The topological polar surface area (TPSA) is 38.7 Å². The summed E-state index contributed by atoms with van der Waals surface area (Å²) in [6.07, 6.45) is -5.60. The van der Waals surface area contributed by atoms with Crippen LogP contribution in [0.25, 0.3) is 0 Å². The predicted octanol–water partition coefficient (Wildman–Crippen LogP) is 1.66. The highest BCUT2D eigenvalue weighted by molar-refractivity contribution is 5.03. The molecule has 0 spiro atoms. The molecule has 0 aliphatic carbocycles. The lowest BCUT2D eigenvalue weighted by atomic mass is 9.91. The predicted molar refractivity (Wildman–Crippen MR) is 37.1 cm³/mol. The molecule has 15 heavy (non-hydrogen) atoms. The van der Waals surface area contributed by atoms with Gasteiger partial charge in [0.25, 0.3) is 0 Å². The van der Waals surface area contributed by atoms with Crippen molar-refractivity contribution in [1.29, 1.82) is 0 Å². The van der Waals surface area contributed by atoms with Crippen LogP contribution in [0.3, 0.4) is 0 Å². The van der Waals surface area contributed by atoms with Crippen LogP contribution < -0.4 is 0 Å². The lowest BCUT2D eigenvalue weighted by molar-refractivity contribution is -0.497. The molecule has 0 radical (unpaired) electrons. The molecular weight excluding hydrogens is 227 g/mol. The van der Waals surface area contributed by atoms with Crippen molar-refractivity contribution in [2.45, 2.75) is 37.3 Å². The maximum absolute atomic E-state index is 13.3. The molecule has 1 atom stereocenters. The molecule has 0 saturated carbocycles. The van der Waals surface area contributed by atoms with E-state index in [1.54, 1.807) is 0 Å². The summed E-state index contributed by atoms with van der Waals surface area (Å²) < 4.78 is 71.4. The third kappa shape index (κ3) is 1.51. The first-order valence-electron chi connectivity index (χ1n) is 3.90. The maximum atomic E-state index is 13.3. The summed E-state index contributed by atoms with van der Waals surface area (Å²) in [5.74, 6) is -9.11. The van der Waals surface area contributed by atoms with Crippen LogP contribution in [0.5, 0.6) is 0 Å². The molecule has 8 heteroatoms. The van der Waals surface area contributed by atoms with Gasteiger partial charge in [-0.25, -0.2) is 0 Å². The maximum Gasteiger partial charge on any atom is 0.449 e. The minimum absolute atomic E-state index is 0.742. The molecule has 0 aromatic rings. The number of rotatable bonds is 0. The molecule has 0 amide bonds. The molecule has 1 fully saturated rings. The van der Waals surface area contributed by atoms with Gasteiger partial charge in [0.2, 0.25) is 0 Å². The standard InChI is InChI=1S/C7H9F5O3/c1-4(2)5(8,9)6(13,7(10,11)12)15-3-14-4/h13H,3H2,1-2H3. The van der Waals surface area contributed by atoms with Gasteiger partial charge in [0.15, 0.2) is 6.79 Å². The Hall–Kier alpha value is -0.470. The molecule has 3 nitrogen and oxygen atoms in total. The molecule has 1 unspecified atom stereocenters. The summed E-state index contributed by atoms with van der Waals surface area (Å²) >= 11 is 0. The molecule has 90 valence electrons. The Balaban J connectivity index is 3.20. The second-order valence-corrected chi connectivity index (χ2v) is 3.63. The Morgan fingerprint density at radius 3 is 1.93 bits per heavy atom. The van der Waals surface area contributed by atoms with E-state index in [2.05, 4.69) is 9.47 Å². The van der Waals surface area contributed by atoms with Crippen molar-refractivity contribution >= 4 is 0 Å². The van der Waals surface area contributed by atoms with Gasteiger partial charge in [-0.1, -0.05) is 0 Å². The van der Waals surface area contributed by atoms with Gasteiger partial charge >= 0.3 is 17.9 Å². The number of aliphatic hydroxyl groups is 1. The summed E-state index contributed by atoms with van der Waals surface area (Å²) in [5.41, 5.74) is -2.46. The lowest BCUT2D eigenvalue weighted by Crippen LogP contribution is -2.71. The van der Waals surface area contributed by atoms with E-state index in [0.29, 0.717) is 0 Å². The van der Waals surface area contributed by atoms with Gasteiger partial charge in [-0.15, -0.1) is 0 Å². The quantitative estimate of drug-likeness (QED) is 0.650. The van der Waals surface area contributed by atoms with Crippen LogP contribution in [0, 0.1) is 0 Å². The smallest absolute Gasteiger partial charge is 0.354 e. The summed E-state index contributed by atoms with van der Waals surface area (Å²) in [4.78, 5) is 0. The first-order valence-corrected chi connectivity index (χ1v) is 3.90. The van der Waals surface area contributed by atoms with Gasteiger partial charge in [-0.05, 0) is 13.8 Å². The fraction of sp³-hybridized carbons (Fsp3) is 1.00. The Bertz CT molecular complexity index is 262.